The molecule has 25 heavy (non-hydrogen) atoms. The van der Waals surface area contributed by atoms with Crippen molar-refractivity contribution in [2.24, 2.45) is 0 Å². The monoisotopic (exact) mass is 356 g/mol. The quantitative estimate of drug-likeness (QED) is 0.689. The Morgan fingerprint density at radius 3 is 2.24 bits per heavy atom. The number of anilines is 1. The van der Waals surface area contributed by atoms with Crippen molar-refractivity contribution in [3.8, 4) is 0 Å². The van der Waals surface area contributed by atoms with Gasteiger partial charge in [-0.2, -0.15) is 0 Å². The number of hydrogen-bond acceptors (Lipinski definition) is 3. The molecule has 0 aliphatic rings. The molecule has 0 saturated heterocycles. The highest BCUT2D eigenvalue weighted by Crippen LogP contribution is 2.32. The van der Waals surface area contributed by atoms with Gasteiger partial charge in [-0.3, -0.25) is 9.29 Å². The summed E-state index contributed by atoms with van der Waals surface area (Å²) >= 11 is 0. The van der Waals surface area contributed by atoms with E-state index in [1.165, 1.54) is 16.4 Å². The van der Waals surface area contributed by atoms with Crippen molar-refractivity contribution >= 4 is 15.7 Å². The zero-order valence-corrected chi connectivity index (χ0v) is 14.4. The molecular formula is C19H17FN2O2S. The standard InChI is InChI=1S/C19H17FN2O2S/c1-15(16-6-5-13-21-14-16)22(18-7-3-2-4-8-18)25(23,24)19-11-9-17(20)10-12-19/h2-15H,1H3. The van der Waals surface area contributed by atoms with Crippen LogP contribution >= 0.6 is 0 Å². The Morgan fingerprint density at radius 1 is 0.960 bits per heavy atom. The lowest BCUT2D eigenvalue weighted by molar-refractivity contribution is 0.581. The van der Waals surface area contributed by atoms with Crippen molar-refractivity contribution in [2.45, 2.75) is 17.9 Å². The molecule has 2 aromatic carbocycles. The highest BCUT2D eigenvalue weighted by atomic mass is 32.2. The fourth-order valence-electron chi connectivity index (χ4n) is 2.62. The van der Waals surface area contributed by atoms with Gasteiger partial charge in [-0.1, -0.05) is 24.3 Å². The first-order valence-corrected chi connectivity index (χ1v) is 9.19. The van der Waals surface area contributed by atoms with Crippen LogP contribution in [0, 0.1) is 5.82 Å². The predicted molar refractivity (Wildman–Crippen MR) is 95.2 cm³/mol. The first kappa shape index (κ1) is 17.1. The Hall–Kier alpha value is -2.73. The largest absolute Gasteiger partial charge is 0.264 e. The van der Waals surface area contributed by atoms with Gasteiger partial charge >= 0.3 is 0 Å². The number of hydrogen-bond donors (Lipinski definition) is 0. The van der Waals surface area contributed by atoms with E-state index in [1.807, 2.05) is 12.1 Å². The van der Waals surface area contributed by atoms with Gasteiger partial charge < -0.3 is 0 Å². The van der Waals surface area contributed by atoms with Crippen LogP contribution < -0.4 is 4.31 Å². The van der Waals surface area contributed by atoms with Crippen LogP contribution in [0.3, 0.4) is 0 Å². The molecule has 1 aromatic heterocycles. The van der Waals surface area contributed by atoms with Crippen LogP contribution in [0.5, 0.6) is 0 Å². The van der Waals surface area contributed by atoms with Crippen LogP contribution in [0.2, 0.25) is 0 Å². The fraction of sp³-hybridized carbons (Fsp3) is 0.105. The summed E-state index contributed by atoms with van der Waals surface area (Å²) in [6.07, 6.45) is 3.28. The van der Waals surface area contributed by atoms with Crippen molar-refractivity contribution in [1.29, 1.82) is 0 Å². The third kappa shape index (κ3) is 3.53. The normalized spacial score (nSPS) is 12.6. The minimum absolute atomic E-state index is 0.0356. The second-order valence-corrected chi connectivity index (χ2v) is 7.37. The van der Waals surface area contributed by atoms with Crippen LogP contribution in [0.4, 0.5) is 10.1 Å². The topological polar surface area (TPSA) is 50.3 Å². The molecule has 0 amide bonds. The van der Waals surface area contributed by atoms with Crippen LogP contribution in [0.1, 0.15) is 18.5 Å². The van der Waals surface area contributed by atoms with Gasteiger partial charge in [0.05, 0.1) is 16.6 Å². The van der Waals surface area contributed by atoms with Crippen molar-refractivity contribution < 1.29 is 12.8 Å². The molecule has 0 fully saturated rings. The molecule has 0 bridgehead atoms. The van der Waals surface area contributed by atoms with Gasteiger partial charge in [0.15, 0.2) is 0 Å². The van der Waals surface area contributed by atoms with E-state index in [0.717, 1.165) is 17.7 Å². The van der Waals surface area contributed by atoms with Gasteiger partial charge in [-0.15, -0.1) is 0 Å². The molecule has 0 radical (unpaired) electrons. The van der Waals surface area contributed by atoms with Crippen LogP contribution in [0.25, 0.3) is 0 Å². The van der Waals surface area contributed by atoms with Gasteiger partial charge in [0.2, 0.25) is 0 Å². The molecule has 3 aromatic rings. The highest BCUT2D eigenvalue weighted by Gasteiger charge is 2.30. The van der Waals surface area contributed by atoms with E-state index >= 15 is 0 Å². The second-order valence-electron chi connectivity index (χ2n) is 5.55. The first-order chi connectivity index (χ1) is 12.0. The lowest BCUT2D eigenvalue weighted by Crippen LogP contribution is -2.33. The highest BCUT2D eigenvalue weighted by molar-refractivity contribution is 7.92. The number of aromatic nitrogens is 1. The number of rotatable bonds is 5. The number of halogens is 1. The van der Waals surface area contributed by atoms with Gasteiger partial charge in [0.25, 0.3) is 10.0 Å². The van der Waals surface area contributed by atoms with E-state index in [9.17, 15) is 12.8 Å². The molecule has 1 heterocycles. The molecule has 1 atom stereocenters. The zero-order chi connectivity index (χ0) is 17.9. The average molecular weight is 356 g/mol. The summed E-state index contributed by atoms with van der Waals surface area (Å²) in [5.41, 5.74) is 1.29. The number of sulfonamides is 1. The van der Waals surface area contributed by atoms with Crippen LogP contribution in [0.15, 0.2) is 84.0 Å². The lowest BCUT2D eigenvalue weighted by atomic mass is 10.1. The maximum Gasteiger partial charge on any atom is 0.264 e. The summed E-state index contributed by atoms with van der Waals surface area (Å²) in [5.74, 6) is -0.481. The summed E-state index contributed by atoms with van der Waals surface area (Å²) in [6.45, 7) is 1.80. The van der Waals surface area contributed by atoms with E-state index in [-0.39, 0.29) is 4.90 Å². The van der Waals surface area contributed by atoms with Crippen LogP contribution in [-0.2, 0) is 10.0 Å². The molecule has 0 aliphatic heterocycles. The zero-order valence-electron chi connectivity index (χ0n) is 13.6. The second kappa shape index (κ2) is 7.03. The number of pyridine rings is 1. The summed E-state index contributed by atoms with van der Waals surface area (Å²) in [5, 5.41) is 0. The third-order valence-electron chi connectivity index (χ3n) is 3.90. The van der Waals surface area contributed by atoms with E-state index < -0.39 is 21.9 Å². The Bertz CT molecular complexity index is 930. The Balaban J connectivity index is 2.13. The molecule has 0 saturated carbocycles. The molecule has 0 aliphatic carbocycles. The molecule has 3 rings (SSSR count). The molecule has 6 heteroatoms. The number of nitrogens with zero attached hydrogens (tertiary/aromatic N) is 2. The summed E-state index contributed by atoms with van der Waals surface area (Å²) in [6, 6.07) is 16.8. The van der Waals surface area contributed by atoms with E-state index in [0.29, 0.717) is 5.69 Å². The molecular weight excluding hydrogens is 339 g/mol. The summed E-state index contributed by atoms with van der Waals surface area (Å²) < 4.78 is 41.0. The van der Waals surface area contributed by atoms with Gasteiger partial charge in [-0.25, -0.2) is 12.8 Å². The van der Waals surface area contributed by atoms with E-state index in [1.54, 1.807) is 49.6 Å². The fourth-order valence-corrected chi connectivity index (χ4v) is 4.27. The van der Waals surface area contributed by atoms with Gasteiger partial charge in [0, 0.05) is 12.4 Å². The van der Waals surface area contributed by atoms with Gasteiger partial charge in [0.1, 0.15) is 5.82 Å². The molecule has 4 nitrogen and oxygen atoms in total. The van der Waals surface area contributed by atoms with Crippen LogP contribution in [-0.4, -0.2) is 13.4 Å². The molecule has 1 unspecified atom stereocenters. The van der Waals surface area contributed by atoms with E-state index in [4.69, 9.17) is 0 Å². The maximum atomic E-state index is 13.2. The van der Waals surface area contributed by atoms with Crippen molar-refractivity contribution in [1.82, 2.24) is 4.98 Å². The number of benzene rings is 2. The summed E-state index contributed by atoms with van der Waals surface area (Å²) in [4.78, 5) is 4.11. The van der Waals surface area contributed by atoms with Crippen molar-refractivity contribution in [3.63, 3.8) is 0 Å². The Labute approximate surface area is 146 Å². The smallest absolute Gasteiger partial charge is 0.264 e. The van der Waals surface area contributed by atoms with Crippen molar-refractivity contribution in [2.75, 3.05) is 4.31 Å². The van der Waals surface area contributed by atoms with Crippen molar-refractivity contribution in [3.05, 3.63) is 90.5 Å². The minimum atomic E-state index is -3.88. The lowest BCUT2D eigenvalue weighted by Gasteiger charge is -2.30. The maximum absolute atomic E-state index is 13.2. The summed E-state index contributed by atoms with van der Waals surface area (Å²) in [7, 11) is -3.88. The van der Waals surface area contributed by atoms with E-state index in [2.05, 4.69) is 4.98 Å². The molecule has 0 spiro atoms. The third-order valence-corrected chi connectivity index (χ3v) is 5.81. The predicted octanol–water partition coefficient (Wildman–Crippen LogP) is 4.18. The SMILES string of the molecule is CC(c1cccnc1)N(c1ccccc1)S(=O)(=O)c1ccc(F)cc1. The minimum Gasteiger partial charge on any atom is -0.264 e. The molecule has 128 valence electrons. The number of para-hydroxylation sites is 1. The van der Waals surface area contributed by atoms with Gasteiger partial charge in [-0.05, 0) is 55.0 Å². The Kier molecular flexibility index (Phi) is 4.81. The molecule has 0 N–H and O–H groups in total. The Morgan fingerprint density at radius 2 is 1.64 bits per heavy atom. The first-order valence-electron chi connectivity index (χ1n) is 7.75. The average Bonchev–Trinajstić information content (AvgIpc) is 2.63.